The molecule has 0 aliphatic heterocycles. The monoisotopic (exact) mass is 419 g/mol. The molecule has 0 unspecified atom stereocenters. The average Bonchev–Trinajstić information content (AvgIpc) is 2.44. The smallest absolute Gasteiger partial charge is 0.465 e. The number of ether oxygens (including phenoxy) is 1. The number of hydrogen-bond donors (Lipinski definition) is 0. The first-order chi connectivity index (χ1) is 11.0. The number of alkyl halides is 6. The zero-order chi connectivity index (χ0) is 20.1. The number of halogens is 6. The number of esters is 1. The minimum atomic E-state index is -6.85. The number of nitrogens with zero attached hydrogens (tertiary/aromatic N) is 1. The average molecular weight is 419 g/mol. The normalized spacial score (nSPS) is 12.8. The van der Waals surface area contributed by atoms with Gasteiger partial charge in [0.15, 0.2) is 0 Å². The fourth-order valence-electron chi connectivity index (χ4n) is 0.796. The van der Waals surface area contributed by atoms with Crippen molar-refractivity contribution in [3.63, 3.8) is 0 Å². The van der Waals surface area contributed by atoms with Gasteiger partial charge in [-0.3, -0.25) is 4.98 Å². The lowest BCUT2D eigenvalue weighted by atomic mass is 10.3. The Morgan fingerprint density at radius 1 is 1.00 bits per heavy atom. The van der Waals surface area contributed by atoms with Crippen LogP contribution in [0.2, 0.25) is 0 Å². The minimum Gasteiger partial charge on any atom is -0.465 e. The predicted octanol–water partition coefficient (Wildman–Crippen LogP) is 1.57. The van der Waals surface area contributed by atoms with Gasteiger partial charge in [-0.2, -0.15) is 43.2 Å². The van der Waals surface area contributed by atoms with Crippen LogP contribution in [0.15, 0.2) is 24.5 Å². The molecule has 0 saturated carbocycles. The topological polar surface area (TPSA) is 117 Å². The van der Waals surface area contributed by atoms with E-state index in [2.05, 4.69) is 9.72 Å². The van der Waals surface area contributed by atoms with Gasteiger partial charge >= 0.3 is 37.2 Å². The molecule has 1 aromatic rings. The molecule has 1 aromatic heterocycles. The van der Waals surface area contributed by atoms with Gasteiger partial charge in [0.05, 0.1) is 12.7 Å². The molecule has 0 atom stereocenters. The van der Waals surface area contributed by atoms with Crippen LogP contribution in [0.25, 0.3) is 0 Å². The zero-order valence-electron chi connectivity index (χ0n) is 11.7. The number of hydrogen-bond acceptors (Lipinski definition) is 8. The molecule has 1 heterocycles. The van der Waals surface area contributed by atoms with Crippen molar-refractivity contribution < 1.29 is 56.3 Å². The van der Waals surface area contributed by atoms with E-state index in [1.165, 1.54) is 13.3 Å². The van der Waals surface area contributed by atoms with Crippen LogP contribution in [0.5, 0.6) is 0 Å². The van der Waals surface area contributed by atoms with Crippen molar-refractivity contribution in [2.24, 2.45) is 0 Å². The van der Waals surface area contributed by atoms with E-state index >= 15 is 0 Å². The molecular weight excluding hydrogens is 412 g/mol. The Kier molecular flexibility index (Phi) is 7.34. The Hall–Kier alpha value is -1.94. The lowest BCUT2D eigenvalue weighted by molar-refractivity contribution is -0.0585. The Labute approximate surface area is 136 Å². The molecule has 16 heteroatoms. The van der Waals surface area contributed by atoms with Gasteiger partial charge in [-0.1, -0.05) is 0 Å². The fraction of sp³-hybridized carbons (Fsp3) is 0.333. The first-order valence-corrected chi connectivity index (χ1v) is 8.19. The van der Waals surface area contributed by atoms with Gasteiger partial charge in [0.1, 0.15) is 0 Å². The molecule has 144 valence electrons. The zero-order valence-corrected chi connectivity index (χ0v) is 13.3. The van der Waals surface area contributed by atoms with Gasteiger partial charge in [-0.25, -0.2) is 4.79 Å². The van der Waals surface area contributed by atoms with Crippen LogP contribution in [-0.2, 0) is 28.6 Å². The van der Waals surface area contributed by atoms with Crippen LogP contribution in [0.3, 0.4) is 0 Å². The Bertz CT molecular complexity index is 744. The second kappa shape index (κ2) is 7.96. The number of methoxy groups -OCH3 is 1. The molecule has 0 aromatic carbocycles. The lowest BCUT2D eigenvalue weighted by Gasteiger charge is -2.09. The van der Waals surface area contributed by atoms with Crippen LogP contribution < -0.4 is 0 Å². The summed E-state index contributed by atoms with van der Waals surface area (Å²) in [5, 5.41) is 0. The van der Waals surface area contributed by atoms with Crippen LogP contribution in [0.1, 0.15) is 10.4 Å². The number of carbonyl (C=O) groups is 1. The van der Waals surface area contributed by atoms with Crippen molar-refractivity contribution in [1.82, 2.24) is 4.98 Å². The van der Waals surface area contributed by atoms with E-state index in [4.69, 9.17) is 0 Å². The molecule has 0 bridgehead atoms. The highest BCUT2D eigenvalue weighted by Gasteiger charge is 2.57. The summed E-state index contributed by atoms with van der Waals surface area (Å²) in [4.78, 5) is 14.5. The van der Waals surface area contributed by atoms with Gasteiger partial charge in [0, 0.05) is 12.4 Å². The Morgan fingerprint density at radius 2 is 1.44 bits per heavy atom. The summed E-state index contributed by atoms with van der Waals surface area (Å²) in [6.45, 7) is 0. The van der Waals surface area contributed by atoms with Gasteiger partial charge in [0.25, 0.3) is 0 Å². The molecule has 1 rings (SSSR count). The molecule has 0 fully saturated rings. The van der Waals surface area contributed by atoms with E-state index in [-0.39, 0.29) is 5.97 Å². The molecule has 0 saturated heterocycles. The van der Waals surface area contributed by atoms with Gasteiger partial charge in [0.2, 0.25) is 0 Å². The number of aromatic nitrogens is 1. The van der Waals surface area contributed by atoms with Crippen molar-refractivity contribution >= 4 is 26.2 Å². The maximum absolute atomic E-state index is 11.4. The predicted molar refractivity (Wildman–Crippen MR) is 66.6 cm³/mol. The first-order valence-electron chi connectivity index (χ1n) is 5.37. The lowest BCUT2D eigenvalue weighted by Crippen LogP contribution is -2.34. The van der Waals surface area contributed by atoms with Crippen LogP contribution in [0.4, 0.5) is 26.3 Å². The van der Waals surface area contributed by atoms with Crippen LogP contribution in [-0.4, -0.2) is 45.9 Å². The van der Waals surface area contributed by atoms with E-state index in [1.807, 2.05) is 3.63 Å². The third kappa shape index (κ3) is 6.83. The van der Waals surface area contributed by atoms with Gasteiger partial charge in [-0.05, 0) is 12.1 Å². The van der Waals surface area contributed by atoms with E-state index in [9.17, 15) is 48.0 Å². The minimum absolute atomic E-state index is 0.354. The van der Waals surface area contributed by atoms with Crippen molar-refractivity contribution in [1.29, 1.82) is 0 Å². The second-order valence-corrected chi connectivity index (χ2v) is 6.89. The first kappa shape index (κ1) is 23.1. The van der Waals surface area contributed by atoms with Gasteiger partial charge < -0.3 is 4.74 Å². The standard InChI is InChI=1S/C7H7NO2.C2F6O5S2/c1-10-7(9)6-3-2-4-8-5-6;3-1(4,5)14(9,10)13-15(11,12)2(6,7)8/h2-5H,1H3;. The highest BCUT2D eigenvalue weighted by molar-refractivity contribution is 8.00. The van der Waals surface area contributed by atoms with E-state index in [0.717, 1.165) is 0 Å². The molecule has 0 aliphatic rings. The fourth-order valence-corrected chi connectivity index (χ4v) is 2.36. The molecule has 8 nitrogen and oxygen atoms in total. The second-order valence-electron chi connectivity index (χ2n) is 3.60. The number of carbonyl (C=O) groups excluding carboxylic acids is 1. The molecule has 0 radical (unpaired) electrons. The molecular formula is C9H7F6NO7S2. The Balaban J connectivity index is 0.000000496. The van der Waals surface area contributed by atoms with Crippen LogP contribution in [0, 0.1) is 0 Å². The highest BCUT2D eigenvalue weighted by Crippen LogP contribution is 2.32. The molecule has 25 heavy (non-hydrogen) atoms. The van der Waals surface area contributed by atoms with Crippen LogP contribution >= 0.6 is 0 Å². The summed E-state index contributed by atoms with van der Waals surface area (Å²) in [6, 6.07) is 3.34. The van der Waals surface area contributed by atoms with Crippen molar-refractivity contribution in [2.75, 3.05) is 7.11 Å². The quantitative estimate of drug-likeness (QED) is 0.412. The summed E-state index contributed by atoms with van der Waals surface area (Å²) in [5.41, 5.74) is -12.0. The summed E-state index contributed by atoms with van der Waals surface area (Å²) >= 11 is 0. The van der Waals surface area contributed by atoms with E-state index in [1.54, 1.807) is 18.3 Å². The third-order valence-corrected chi connectivity index (χ3v) is 4.40. The van der Waals surface area contributed by atoms with Crippen molar-refractivity contribution in [2.45, 2.75) is 11.0 Å². The molecule has 0 amide bonds. The summed E-state index contributed by atoms with van der Waals surface area (Å²) in [6.07, 6.45) is 3.07. The maximum Gasteiger partial charge on any atom is 0.524 e. The van der Waals surface area contributed by atoms with E-state index < -0.39 is 31.3 Å². The highest BCUT2D eigenvalue weighted by atomic mass is 32.3. The summed E-state index contributed by atoms with van der Waals surface area (Å²) in [7, 11) is -12.4. The maximum atomic E-state index is 11.4. The van der Waals surface area contributed by atoms with E-state index in [0.29, 0.717) is 5.56 Å². The summed E-state index contributed by atoms with van der Waals surface area (Å²) in [5.74, 6) is -0.354. The molecule has 0 N–H and O–H groups in total. The van der Waals surface area contributed by atoms with Crippen molar-refractivity contribution in [3.8, 4) is 0 Å². The largest absolute Gasteiger partial charge is 0.524 e. The van der Waals surface area contributed by atoms with Gasteiger partial charge in [-0.15, -0.1) is 3.63 Å². The SMILES string of the molecule is COC(=O)c1cccnc1.O=S(=O)(OS(=O)(=O)C(F)(F)F)C(F)(F)F. The van der Waals surface area contributed by atoms with Crippen molar-refractivity contribution in [3.05, 3.63) is 30.1 Å². The summed E-state index contributed by atoms with van der Waals surface area (Å²) < 4.78 is 115. The number of rotatable bonds is 3. The molecule has 0 aliphatic carbocycles. The Morgan fingerprint density at radius 3 is 1.72 bits per heavy atom. The number of pyridine rings is 1. The third-order valence-electron chi connectivity index (χ3n) is 1.83. The molecule has 0 spiro atoms.